The Morgan fingerprint density at radius 2 is 1.93 bits per heavy atom. The summed E-state index contributed by atoms with van der Waals surface area (Å²) in [5.41, 5.74) is 1.64. The van der Waals surface area contributed by atoms with Gasteiger partial charge in [0.05, 0.1) is 20.1 Å². The minimum absolute atomic E-state index is 0.00966. The highest BCUT2D eigenvalue weighted by atomic mass is 16.5. The number of carbonyl (C=O) groups excluding carboxylic acids is 1. The number of allylic oxidation sites excluding steroid dienone is 3. The topological polar surface area (TPSA) is 73.5 Å². The minimum atomic E-state index is -0.566. The molecule has 1 aromatic carbocycles. The molecule has 0 fully saturated rings. The van der Waals surface area contributed by atoms with Crippen LogP contribution in [-0.2, 0) is 9.53 Å². The molecule has 4 rings (SSSR count). The van der Waals surface area contributed by atoms with Gasteiger partial charge in [-0.2, -0.15) is 5.26 Å². The molecule has 0 amide bonds. The summed E-state index contributed by atoms with van der Waals surface area (Å²) < 4.78 is 18.9. The van der Waals surface area contributed by atoms with E-state index in [9.17, 15) is 10.1 Å². The molecular weight excluding hydrogens is 356 g/mol. The molecule has 0 radical (unpaired) electrons. The number of hydrogen-bond donors (Lipinski definition) is 0. The van der Waals surface area contributed by atoms with Gasteiger partial charge in [0.2, 0.25) is 5.88 Å². The highest BCUT2D eigenvalue weighted by molar-refractivity contribution is 6.00. The van der Waals surface area contributed by atoms with E-state index in [0.29, 0.717) is 52.7 Å². The summed E-state index contributed by atoms with van der Waals surface area (Å²) in [6.07, 6.45) is 5.49. The number of ether oxygens (including phenoxy) is 3. The van der Waals surface area contributed by atoms with Crippen molar-refractivity contribution < 1.29 is 19.0 Å². The smallest absolute Gasteiger partial charge is 0.218 e. The van der Waals surface area contributed by atoms with Crippen LogP contribution >= 0.6 is 0 Å². The zero-order valence-corrected chi connectivity index (χ0v) is 15.8. The first-order valence-electron chi connectivity index (χ1n) is 9.12. The molecule has 142 valence electrons. The summed E-state index contributed by atoms with van der Waals surface area (Å²) in [4.78, 5) is 12.9. The normalized spacial score (nSPS) is 19.0. The van der Waals surface area contributed by atoms with Gasteiger partial charge >= 0.3 is 0 Å². The molecule has 0 spiro atoms. The lowest BCUT2D eigenvalue weighted by atomic mass is 9.77. The fraction of sp³-hybridized carbons (Fsp3) is 0.273. The first-order valence-corrected chi connectivity index (χ1v) is 9.12. The van der Waals surface area contributed by atoms with Crippen molar-refractivity contribution in [3.8, 4) is 17.6 Å². The van der Waals surface area contributed by atoms with Crippen LogP contribution in [-0.4, -0.2) is 24.6 Å². The summed E-state index contributed by atoms with van der Waals surface area (Å²) in [6, 6.07) is 11.5. The summed E-state index contributed by atoms with van der Waals surface area (Å²) in [5.74, 6) is 1.57. The Labute approximate surface area is 163 Å². The molecule has 0 saturated heterocycles. The van der Waals surface area contributed by atoms with Gasteiger partial charge < -0.3 is 14.2 Å². The number of nitriles is 1. The van der Waals surface area contributed by atoms with Gasteiger partial charge in [0.1, 0.15) is 17.4 Å². The van der Waals surface area contributed by atoms with Gasteiger partial charge in [0.15, 0.2) is 17.3 Å². The van der Waals surface area contributed by atoms with E-state index >= 15 is 0 Å². The van der Waals surface area contributed by atoms with E-state index in [1.165, 1.54) is 0 Å². The monoisotopic (exact) mass is 376 g/mol. The van der Waals surface area contributed by atoms with Gasteiger partial charge in [-0.15, -0.1) is 0 Å². The van der Waals surface area contributed by atoms with Crippen LogP contribution < -0.4 is 9.47 Å². The van der Waals surface area contributed by atoms with E-state index in [2.05, 4.69) is 6.07 Å². The number of methoxy groups -OCH3 is 2. The number of hydrogen-bond acceptors (Lipinski definition) is 5. The molecule has 6 heteroatoms. The molecule has 1 aliphatic heterocycles. The highest BCUT2D eigenvalue weighted by Gasteiger charge is 2.40. The summed E-state index contributed by atoms with van der Waals surface area (Å²) in [7, 11) is 3.12. The number of aromatic nitrogens is 1. The standard InChI is InChI=1S/C22H20N2O4/c1-26-18-10-5-7-14(21(18)27-2)19-15(13-23)22(24-11-3-4-12-24)28-17-9-6-8-16(25)20(17)19/h3-5,7,10-12,19H,6,8-9H2,1-2H3. The summed E-state index contributed by atoms with van der Waals surface area (Å²) in [5, 5.41) is 10.1. The fourth-order valence-electron chi connectivity index (χ4n) is 3.93. The third-order valence-electron chi connectivity index (χ3n) is 5.14. The van der Waals surface area contributed by atoms with Crippen molar-refractivity contribution in [3.63, 3.8) is 0 Å². The number of para-hydroxylation sites is 1. The molecule has 0 saturated carbocycles. The number of ketones is 1. The molecule has 0 N–H and O–H groups in total. The zero-order chi connectivity index (χ0) is 19.7. The SMILES string of the molecule is COc1cccc(C2C(C#N)=C(n3cccc3)OC3=C2C(=O)CCC3)c1OC. The average molecular weight is 376 g/mol. The van der Waals surface area contributed by atoms with E-state index in [-0.39, 0.29) is 5.78 Å². The maximum absolute atomic E-state index is 12.9. The predicted octanol–water partition coefficient (Wildman–Crippen LogP) is 4.02. The summed E-state index contributed by atoms with van der Waals surface area (Å²) >= 11 is 0. The van der Waals surface area contributed by atoms with Crippen LogP contribution in [0.5, 0.6) is 11.5 Å². The second-order valence-corrected chi connectivity index (χ2v) is 6.65. The molecule has 2 heterocycles. The maximum atomic E-state index is 12.9. The van der Waals surface area contributed by atoms with E-state index in [1.54, 1.807) is 24.9 Å². The van der Waals surface area contributed by atoms with Crippen LogP contribution in [0.4, 0.5) is 0 Å². The lowest BCUT2D eigenvalue weighted by molar-refractivity contribution is -0.116. The van der Waals surface area contributed by atoms with Crippen molar-refractivity contribution in [1.29, 1.82) is 5.26 Å². The number of Topliss-reactive ketones (excluding diaryl/α,β-unsaturated/α-hetero) is 1. The van der Waals surface area contributed by atoms with Gasteiger partial charge in [-0.25, -0.2) is 0 Å². The third-order valence-corrected chi connectivity index (χ3v) is 5.14. The highest BCUT2D eigenvalue weighted by Crippen LogP contribution is 2.49. The van der Waals surface area contributed by atoms with E-state index < -0.39 is 5.92 Å². The third kappa shape index (κ3) is 2.76. The number of carbonyl (C=O) groups is 1. The molecule has 1 unspecified atom stereocenters. The number of rotatable bonds is 4. The molecular formula is C22H20N2O4. The lowest BCUT2D eigenvalue weighted by Crippen LogP contribution is -2.26. The largest absolute Gasteiger partial charge is 0.493 e. The number of benzene rings is 1. The average Bonchev–Trinajstić information content (AvgIpc) is 3.26. The van der Waals surface area contributed by atoms with Crippen molar-refractivity contribution in [2.75, 3.05) is 14.2 Å². The minimum Gasteiger partial charge on any atom is -0.493 e. The second-order valence-electron chi connectivity index (χ2n) is 6.65. The quantitative estimate of drug-likeness (QED) is 0.806. The Hall–Kier alpha value is -3.46. The molecule has 0 bridgehead atoms. The van der Waals surface area contributed by atoms with Crippen molar-refractivity contribution >= 4 is 11.7 Å². The molecule has 28 heavy (non-hydrogen) atoms. The van der Waals surface area contributed by atoms with Crippen LogP contribution in [0.2, 0.25) is 0 Å². The van der Waals surface area contributed by atoms with Gasteiger partial charge in [-0.3, -0.25) is 9.36 Å². The number of nitrogens with zero attached hydrogens (tertiary/aromatic N) is 2. The van der Waals surface area contributed by atoms with Gasteiger partial charge in [0.25, 0.3) is 0 Å². The first-order chi connectivity index (χ1) is 13.7. The van der Waals surface area contributed by atoms with Gasteiger partial charge in [-0.1, -0.05) is 12.1 Å². The van der Waals surface area contributed by atoms with E-state index in [4.69, 9.17) is 14.2 Å². The van der Waals surface area contributed by atoms with Crippen LogP contribution in [0.25, 0.3) is 5.88 Å². The Balaban J connectivity index is 2.00. The predicted molar refractivity (Wildman–Crippen MR) is 103 cm³/mol. The van der Waals surface area contributed by atoms with Crippen LogP contribution in [0.1, 0.15) is 30.7 Å². The molecule has 1 atom stereocenters. The van der Waals surface area contributed by atoms with Crippen molar-refractivity contribution in [1.82, 2.24) is 4.57 Å². The Bertz CT molecular complexity index is 1030. The Morgan fingerprint density at radius 1 is 1.14 bits per heavy atom. The molecule has 1 aromatic heterocycles. The van der Waals surface area contributed by atoms with Crippen molar-refractivity contribution in [3.05, 3.63) is 65.2 Å². The molecule has 1 aliphatic carbocycles. The zero-order valence-electron chi connectivity index (χ0n) is 15.8. The Kier molecular flexibility index (Phi) is 4.66. The Morgan fingerprint density at radius 3 is 2.61 bits per heavy atom. The van der Waals surface area contributed by atoms with E-state index in [0.717, 1.165) is 6.42 Å². The van der Waals surface area contributed by atoms with Gasteiger partial charge in [0, 0.05) is 36.4 Å². The maximum Gasteiger partial charge on any atom is 0.218 e. The van der Waals surface area contributed by atoms with E-state index in [1.807, 2.05) is 36.7 Å². The van der Waals surface area contributed by atoms with Crippen molar-refractivity contribution in [2.45, 2.75) is 25.2 Å². The summed E-state index contributed by atoms with van der Waals surface area (Å²) in [6.45, 7) is 0. The van der Waals surface area contributed by atoms with Crippen LogP contribution in [0.15, 0.2) is 59.6 Å². The van der Waals surface area contributed by atoms with Crippen LogP contribution in [0.3, 0.4) is 0 Å². The fourth-order valence-corrected chi connectivity index (χ4v) is 3.93. The first kappa shape index (κ1) is 17.9. The second kappa shape index (κ2) is 7.28. The molecule has 2 aromatic rings. The van der Waals surface area contributed by atoms with Crippen LogP contribution in [0, 0.1) is 11.3 Å². The lowest BCUT2D eigenvalue weighted by Gasteiger charge is -2.33. The van der Waals surface area contributed by atoms with Crippen molar-refractivity contribution in [2.24, 2.45) is 0 Å². The molecule has 6 nitrogen and oxygen atoms in total. The molecule has 2 aliphatic rings. The van der Waals surface area contributed by atoms with Gasteiger partial charge in [-0.05, 0) is 24.6 Å².